The van der Waals surface area contributed by atoms with E-state index >= 15 is 0 Å². The summed E-state index contributed by atoms with van der Waals surface area (Å²) in [7, 11) is 1.68. The molecule has 0 radical (unpaired) electrons. The van der Waals surface area contributed by atoms with Crippen LogP contribution in [0.4, 0.5) is 5.82 Å². The van der Waals surface area contributed by atoms with Crippen molar-refractivity contribution in [1.29, 1.82) is 5.26 Å². The number of aryl methyl sites for hydroxylation is 1. The molecule has 0 atom stereocenters. The lowest BCUT2D eigenvalue weighted by molar-refractivity contribution is 0.182. The van der Waals surface area contributed by atoms with Crippen molar-refractivity contribution in [2.75, 3.05) is 19.0 Å². The third-order valence-electron chi connectivity index (χ3n) is 3.40. The number of anilines is 1. The fourth-order valence-corrected chi connectivity index (χ4v) is 2.19. The first-order valence-corrected chi connectivity index (χ1v) is 6.78. The van der Waals surface area contributed by atoms with Crippen LogP contribution in [0.5, 0.6) is 0 Å². The standard InChI is InChI=1S/C15H19N5O/c1-11-14(12(2)20(19-11)7-8-21-3)10-18-15-13(9-16)5-4-6-17-15/h4-6H,7-8,10H2,1-3H3,(H,17,18). The highest BCUT2D eigenvalue weighted by molar-refractivity contribution is 5.51. The first-order chi connectivity index (χ1) is 10.2. The van der Waals surface area contributed by atoms with E-state index in [9.17, 15) is 0 Å². The number of rotatable bonds is 6. The van der Waals surface area contributed by atoms with E-state index in [1.165, 1.54) is 0 Å². The van der Waals surface area contributed by atoms with Crippen LogP contribution in [0.2, 0.25) is 0 Å². The second-order valence-corrected chi connectivity index (χ2v) is 4.73. The maximum atomic E-state index is 9.07. The highest BCUT2D eigenvalue weighted by Gasteiger charge is 2.12. The van der Waals surface area contributed by atoms with Gasteiger partial charge in [-0.2, -0.15) is 10.4 Å². The zero-order chi connectivity index (χ0) is 15.2. The predicted octanol–water partition coefficient (Wildman–Crippen LogP) is 2.03. The number of nitrogens with zero attached hydrogens (tertiary/aromatic N) is 4. The molecule has 2 rings (SSSR count). The minimum Gasteiger partial charge on any atom is -0.383 e. The lowest BCUT2D eigenvalue weighted by atomic mass is 10.2. The predicted molar refractivity (Wildman–Crippen MR) is 79.9 cm³/mol. The molecule has 0 spiro atoms. The molecule has 110 valence electrons. The van der Waals surface area contributed by atoms with Crippen molar-refractivity contribution in [3.8, 4) is 6.07 Å². The Morgan fingerprint density at radius 1 is 1.43 bits per heavy atom. The van der Waals surface area contributed by atoms with Crippen LogP contribution in [0.3, 0.4) is 0 Å². The molecule has 0 unspecified atom stereocenters. The maximum absolute atomic E-state index is 9.07. The van der Waals surface area contributed by atoms with Gasteiger partial charge in [-0.25, -0.2) is 4.98 Å². The molecule has 0 aliphatic rings. The van der Waals surface area contributed by atoms with Gasteiger partial charge in [0.1, 0.15) is 11.9 Å². The minimum atomic E-state index is 0.541. The molecule has 0 saturated carbocycles. The van der Waals surface area contributed by atoms with Gasteiger partial charge < -0.3 is 10.1 Å². The number of hydrogen-bond donors (Lipinski definition) is 1. The molecule has 0 aliphatic carbocycles. The number of methoxy groups -OCH3 is 1. The van der Waals surface area contributed by atoms with Crippen molar-refractivity contribution in [3.05, 3.63) is 40.8 Å². The molecular weight excluding hydrogens is 266 g/mol. The van der Waals surface area contributed by atoms with E-state index in [0.717, 1.165) is 23.5 Å². The van der Waals surface area contributed by atoms with Crippen molar-refractivity contribution in [3.63, 3.8) is 0 Å². The number of ether oxygens (including phenoxy) is 1. The van der Waals surface area contributed by atoms with E-state index in [1.807, 2.05) is 18.5 Å². The largest absolute Gasteiger partial charge is 0.383 e. The van der Waals surface area contributed by atoms with Gasteiger partial charge >= 0.3 is 0 Å². The fourth-order valence-electron chi connectivity index (χ4n) is 2.19. The number of pyridine rings is 1. The summed E-state index contributed by atoms with van der Waals surface area (Å²) in [6.07, 6.45) is 1.67. The van der Waals surface area contributed by atoms with Crippen molar-refractivity contribution >= 4 is 5.82 Å². The zero-order valence-electron chi connectivity index (χ0n) is 12.6. The molecule has 6 heteroatoms. The van der Waals surface area contributed by atoms with Crippen LogP contribution >= 0.6 is 0 Å². The highest BCUT2D eigenvalue weighted by Crippen LogP contribution is 2.16. The van der Waals surface area contributed by atoms with E-state index in [2.05, 4.69) is 21.5 Å². The second kappa shape index (κ2) is 6.86. The van der Waals surface area contributed by atoms with Crippen molar-refractivity contribution in [2.45, 2.75) is 26.9 Å². The van der Waals surface area contributed by atoms with E-state index in [-0.39, 0.29) is 0 Å². The summed E-state index contributed by atoms with van der Waals surface area (Å²) in [5.41, 5.74) is 3.75. The molecule has 2 aromatic rings. The lowest BCUT2D eigenvalue weighted by Crippen LogP contribution is -2.09. The molecule has 6 nitrogen and oxygen atoms in total. The summed E-state index contributed by atoms with van der Waals surface area (Å²) < 4.78 is 7.03. The summed E-state index contributed by atoms with van der Waals surface area (Å²) in [5.74, 6) is 0.600. The molecule has 0 fully saturated rings. The van der Waals surface area contributed by atoms with Crippen LogP contribution in [0.15, 0.2) is 18.3 Å². The molecule has 0 amide bonds. The normalized spacial score (nSPS) is 10.4. The van der Waals surface area contributed by atoms with E-state index in [1.54, 1.807) is 25.4 Å². The Labute approximate surface area is 124 Å². The molecular formula is C15H19N5O. The smallest absolute Gasteiger partial charge is 0.144 e. The van der Waals surface area contributed by atoms with Gasteiger partial charge in [0.2, 0.25) is 0 Å². The van der Waals surface area contributed by atoms with Gasteiger partial charge in [-0.3, -0.25) is 4.68 Å². The molecule has 0 saturated heterocycles. The lowest BCUT2D eigenvalue weighted by Gasteiger charge is -2.08. The van der Waals surface area contributed by atoms with Crippen LogP contribution in [-0.2, 0) is 17.8 Å². The Bertz CT molecular complexity index is 657. The summed E-state index contributed by atoms with van der Waals surface area (Å²) in [6.45, 7) is 5.98. The van der Waals surface area contributed by atoms with Crippen molar-refractivity contribution < 1.29 is 4.74 Å². The van der Waals surface area contributed by atoms with Crippen LogP contribution in [0.25, 0.3) is 0 Å². The summed E-state index contributed by atoms with van der Waals surface area (Å²) in [5, 5.41) is 16.8. The number of nitriles is 1. The maximum Gasteiger partial charge on any atom is 0.144 e. The molecule has 2 heterocycles. The second-order valence-electron chi connectivity index (χ2n) is 4.73. The molecule has 0 aromatic carbocycles. The van der Waals surface area contributed by atoms with Crippen LogP contribution in [0, 0.1) is 25.2 Å². The molecule has 2 aromatic heterocycles. The van der Waals surface area contributed by atoms with Gasteiger partial charge in [0.25, 0.3) is 0 Å². The van der Waals surface area contributed by atoms with E-state index in [0.29, 0.717) is 24.5 Å². The third-order valence-corrected chi connectivity index (χ3v) is 3.40. The van der Waals surface area contributed by atoms with Gasteiger partial charge in [-0.15, -0.1) is 0 Å². The molecule has 21 heavy (non-hydrogen) atoms. The first-order valence-electron chi connectivity index (χ1n) is 6.78. The Morgan fingerprint density at radius 2 is 2.24 bits per heavy atom. The van der Waals surface area contributed by atoms with Crippen LogP contribution in [-0.4, -0.2) is 28.5 Å². The molecule has 0 aliphatic heterocycles. The monoisotopic (exact) mass is 285 g/mol. The van der Waals surface area contributed by atoms with E-state index in [4.69, 9.17) is 10.00 Å². The number of nitrogens with one attached hydrogen (secondary N) is 1. The van der Waals surface area contributed by atoms with Crippen molar-refractivity contribution in [2.24, 2.45) is 0 Å². The molecule has 1 N–H and O–H groups in total. The Morgan fingerprint density at radius 3 is 2.95 bits per heavy atom. The van der Waals surface area contributed by atoms with Gasteiger partial charge in [0, 0.05) is 31.1 Å². The van der Waals surface area contributed by atoms with Crippen LogP contribution < -0.4 is 5.32 Å². The summed E-state index contributed by atoms with van der Waals surface area (Å²) >= 11 is 0. The van der Waals surface area contributed by atoms with Gasteiger partial charge in [0.05, 0.1) is 24.4 Å². The SMILES string of the molecule is COCCn1nc(C)c(CNc2ncccc2C#N)c1C. The minimum absolute atomic E-state index is 0.541. The van der Waals surface area contributed by atoms with Gasteiger partial charge in [-0.1, -0.05) is 0 Å². The summed E-state index contributed by atoms with van der Waals surface area (Å²) in [6, 6.07) is 5.63. The summed E-state index contributed by atoms with van der Waals surface area (Å²) in [4.78, 5) is 4.20. The van der Waals surface area contributed by atoms with Crippen molar-refractivity contribution in [1.82, 2.24) is 14.8 Å². The number of aromatic nitrogens is 3. The third kappa shape index (κ3) is 3.38. The quantitative estimate of drug-likeness (QED) is 0.878. The fraction of sp³-hybridized carbons (Fsp3) is 0.400. The Kier molecular flexibility index (Phi) is 4.90. The average molecular weight is 285 g/mol. The number of hydrogen-bond acceptors (Lipinski definition) is 5. The van der Waals surface area contributed by atoms with E-state index < -0.39 is 0 Å². The first kappa shape index (κ1) is 15.0. The van der Waals surface area contributed by atoms with Gasteiger partial charge in [0.15, 0.2) is 0 Å². The van der Waals surface area contributed by atoms with Gasteiger partial charge in [-0.05, 0) is 26.0 Å². The topological polar surface area (TPSA) is 75.8 Å². The average Bonchev–Trinajstić information content (AvgIpc) is 2.77. The molecule has 0 bridgehead atoms. The Hall–Kier alpha value is -2.39. The Balaban J connectivity index is 2.13. The zero-order valence-corrected chi connectivity index (χ0v) is 12.6. The highest BCUT2D eigenvalue weighted by atomic mass is 16.5. The van der Waals surface area contributed by atoms with Crippen LogP contribution in [0.1, 0.15) is 22.5 Å².